The molecule has 1 aromatic carbocycles. The van der Waals surface area contributed by atoms with Crippen LogP contribution in [0.1, 0.15) is 16.1 Å². The molecule has 1 atom stereocenters. The minimum atomic E-state index is -4.84. The van der Waals surface area contributed by atoms with E-state index in [0.29, 0.717) is 9.35 Å². The lowest BCUT2D eigenvalue weighted by Gasteiger charge is -2.39. The van der Waals surface area contributed by atoms with Gasteiger partial charge in [0.1, 0.15) is 21.8 Å². The first-order chi connectivity index (χ1) is 18.3. The molecule has 0 unspecified atom stereocenters. The van der Waals surface area contributed by atoms with Crippen molar-refractivity contribution >= 4 is 55.0 Å². The molecule has 4 rings (SSSR count). The predicted molar refractivity (Wildman–Crippen MR) is 136 cm³/mol. The van der Waals surface area contributed by atoms with E-state index < -0.39 is 40.1 Å². The maximum Gasteiger partial charge on any atom is 0.573 e. The van der Waals surface area contributed by atoms with Crippen LogP contribution in [0.5, 0.6) is 5.75 Å². The van der Waals surface area contributed by atoms with E-state index in [-0.39, 0.29) is 41.9 Å². The molecule has 1 aliphatic heterocycles. The summed E-state index contributed by atoms with van der Waals surface area (Å²) in [6.45, 7) is -0.136. The molecule has 11 nitrogen and oxygen atoms in total. The third-order valence-corrected chi connectivity index (χ3v) is 9.55. The van der Waals surface area contributed by atoms with Crippen LogP contribution in [-0.4, -0.2) is 71.7 Å². The minimum absolute atomic E-state index is 0.0338. The monoisotopic (exact) mass is 649 g/mol. The number of anilines is 1. The predicted octanol–water partition coefficient (Wildman–Crippen LogP) is 3.09. The lowest BCUT2D eigenvalue weighted by molar-refractivity contribution is -0.274. The number of hydrogen-bond donors (Lipinski definition) is 2. The smallest absolute Gasteiger partial charge is 0.476 e. The van der Waals surface area contributed by atoms with E-state index in [0.717, 1.165) is 34.0 Å². The molecule has 0 saturated carbocycles. The third-order valence-electron chi connectivity index (χ3n) is 5.55. The van der Waals surface area contributed by atoms with Crippen molar-refractivity contribution in [3.8, 4) is 5.75 Å². The second-order valence-electron chi connectivity index (χ2n) is 8.11. The first-order valence-corrected chi connectivity index (χ1v) is 14.1. The van der Waals surface area contributed by atoms with Gasteiger partial charge in [0.15, 0.2) is 5.69 Å². The van der Waals surface area contributed by atoms with E-state index in [1.807, 2.05) is 0 Å². The van der Waals surface area contributed by atoms with Gasteiger partial charge in [-0.2, -0.15) is 4.31 Å². The fourth-order valence-electron chi connectivity index (χ4n) is 3.74. The number of carbonyl (C=O) groups excluding carboxylic acids is 1. The first-order valence-electron chi connectivity index (χ1n) is 11.0. The quantitative estimate of drug-likeness (QED) is 0.376. The summed E-state index contributed by atoms with van der Waals surface area (Å²) in [6.07, 6.45) is -2.55. The standard InChI is InChI=1S/C22H19BrF3N5O6S2/c23-17-5-6-19(38-17)39(35,36)31-8-7-30(18-11-27-15(10-28-18)21(33)34)12-16(31)20(32)29-9-13-1-3-14(4-2-13)37-22(24,25)26/h1-6,10-11,16H,7-9,12H2,(H,29,32)(H,33,34)/t16-/m1/s1. The molecule has 0 spiro atoms. The van der Waals surface area contributed by atoms with Crippen molar-refractivity contribution in [3.63, 3.8) is 0 Å². The van der Waals surface area contributed by atoms with E-state index >= 15 is 0 Å². The summed E-state index contributed by atoms with van der Waals surface area (Å²) < 4.78 is 69.6. The Balaban J connectivity index is 1.54. The van der Waals surface area contributed by atoms with Gasteiger partial charge in [-0.3, -0.25) is 4.79 Å². The molecule has 2 N–H and O–H groups in total. The van der Waals surface area contributed by atoms with Crippen LogP contribution in [-0.2, 0) is 21.4 Å². The van der Waals surface area contributed by atoms with Crippen LogP contribution >= 0.6 is 27.3 Å². The van der Waals surface area contributed by atoms with Crippen molar-refractivity contribution < 1.29 is 41.0 Å². The van der Waals surface area contributed by atoms with E-state index in [4.69, 9.17) is 5.11 Å². The molecular formula is C22H19BrF3N5O6S2. The Morgan fingerprint density at radius 2 is 1.85 bits per heavy atom. The second kappa shape index (κ2) is 11.4. The van der Waals surface area contributed by atoms with Gasteiger partial charge < -0.3 is 20.1 Å². The number of hydrogen-bond acceptors (Lipinski definition) is 9. The Bertz CT molecular complexity index is 1450. The molecule has 0 radical (unpaired) electrons. The van der Waals surface area contributed by atoms with Crippen LogP contribution < -0.4 is 15.0 Å². The second-order valence-corrected chi connectivity index (χ2v) is 12.7. The average molecular weight is 650 g/mol. The normalized spacial score (nSPS) is 16.6. The maximum absolute atomic E-state index is 13.4. The molecule has 1 fully saturated rings. The largest absolute Gasteiger partial charge is 0.573 e. The zero-order valence-corrected chi connectivity index (χ0v) is 22.8. The number of aromatic nitrogens is 2. The number of sulfonamides is 1. The fraction of sp³-hybridized carbons (Fsp3) is 0.273. The van der Waals surface area contributed by atoms with Gasteiger partial charge in [-0.1, -0.05) is 12.1 Å². The Morgan fingerprint density at radius 1 is 1.13 bits per heavy atom. The van der Waals surface area contributed by atoms with Gasteiger partial charge in [0, 0.05) is 26.2 Å². The van der Waals surface area contributed by atoms with Crippen LogP contribution in [0.2, 0.25) is 0 Å². The molecule has 0 aliphatic carbocycles. The topological polar surface area (TPSA) is 142 Å². The molecule has 1 amide bonds. The molecule has 0 bridgehead atoms. The Hall–Kier alpha value is -3.28. The molecule has 3 aromatic rings. The summed E-state index contributed by atoms with van der Waals surface area (Å²) in [4.78, 5) is 33.9. The highest BCUT2D eigenvalue weighted by Gasteiger charge is 2.41. The number of nitrogens with zero attached hydrogens (tertiary/aromatic N) is 4. The van der Waals surface area contributed by atoms with E-state index in [2.05, 4.69) is 36.0 Å². The maximum atomic E-state index is 13.4. The van der Waals surface area contributed by atoms with Crippen molar-refractivity contribution in [2.45, 2.75) is 23.2 Å². The number of benzene rings is 1. The van der Waals surface area contributed by atoms with E-state index in [9.17, 15) is 31.2 Å². The Kier molecular flexibility index (Phi) is 8.43. The first kappa shape index (κ1) is 28.7. The van der Waals surface area contributed by atoms with Crippen LogP contribution in [0.25, 0.3) is 0 Å². The summed E-state index contributed by atoms with van der Waals surface area (Å²) in [6, 6.07) is 6.67. The number of thiophene rings is 1. The van der Waals surface area contributed by atoms with Gasteiger partial charge in [0.25, 0.3) is 10.0 Å². The van der Waals surface area contributed by atoms with Crippen LogP contribution in [0.3, 0.4) is 0 Å². The molecule has 1 aliphatic rings. The number of amides is 1. The Morgan fingerprint density at radius 3 is 2.41 bits per heavy atom. The van der Waals surface area contributed by atoms with E-state index in [1.54, 1.807) is 11.0 Å². The SMILES string of the molecule is O=C(O)c1cnc(N2CCN(S(=O)(=O)c3ccc(Br)s3)[C@@H](C(=O)NCc3ccc(OC(F)(F)F)cc3)C2)cn1. The zero-order valence-electron chi connectivity index (χ0n) is 19.6. The summed E-state index contributed by atoms with van der Waals surface area (Å²) >= 11 is 4.23. The number of aromatic carboxylic acids is 1. The van der Waals surface area contributed by atoms with Crippen LogP contribution in [0.15, 0.2) is 56.8 Å². The summed E-state index contributed by atoms with van der Waals surface area (Å²) in [5.74, 6) is -2.07. The van der Waals surface area contributed by atoms with Crippen molar-refractivity contribution in [2.75, 3.05) is 24.5 Å². The van der Waals surface area contributed by atoms with Crippen molar-refractivity contribution in [1.82, 2.24) is 19.6 Å². The third kappa shape index (κ3) is 7.03. The van der Waals surface area contributed by atoms with E-state index in [1.165, 1.54) is 24.4 Å². The Labute approximate surface area is 232 Å². The molecule has 39 heavy (non-hydrogen) atoms. The van der Waals surface area contributed by atoms with Gasteiger partial charge in [-0.25, -0.2) is 23.2 Å². The number of rotatable bonds is 8. The zero-order chi connectivity index (χ0) is 28.4. The summed E-state index contributed by atoms with van der Waals surface area (Å²) in [5, 5.41) is 11.7. The number of carbonyl (C=O) groups is 2. The number of piperazine rings is 1. The summed E-state index contributed by atoms with van der Waals surface area (Å²) in [7, 11) is -4.07. The van der Waals surface area contributed by atoms with Crippen molar-refractivity contribution in [1.29, 1.82) is 0 Å². The molecule has 208 valence electrons. The van der Waals surface area contributed by atoms with Gasteiger partial charge in [0.05, 0.1) is 16.2 Å². The number of nitrogens with one attached hydrogen (secondary N) is 1. The number of halogens is 4. The van der Waals surface area contributed by atoms with Gasteiger partial charge in [0.2, 0.25) is 5.91 Å². The lowest BCUT2D eigenvalue weighted by Crippen LogP contribution is -2.60. The van der Waals surface area contributed by atoms with Crippen molar-refractivity contribution in [3.05, 3.63) is 63.8 Å². The minimum Gasteiger partial charge on any atom is -0.476 e. The lowest BCUT2D eigenvalue weighted by atomic mass is 10.1. The van der Waals surface area contributed by atoms with Gasteiger partial charge in [-0.15, -0.1) is 24.5 Å². The van der Waals surface area contributed by atoms with Gasteiger partial charge in [-0.05, 0) is 45.8 Å². The van der Waals surface area contributed by atoms with Gasteiger partial charge >= 0.3 is 12.3 Å². The number of carboxylic acid groups (broad SMARTS) is 1. The molecule has 17 heteroatoms. The van der Waals surface area contributed by atoms with Crippen LogP contribution in [0.4, 0.5) is 19.0 Å². The molecule has 1 saturated heterocycles. The highest BCUT2D eigenvalue weighted by Crippen LogP contribution is 2.31. The van der Waals surface area contributed by atoms with Crippen LogP contribution in [0, 0.1) is 0 Å². The highest BCUT2D eigenvalue weighted by atomic mass is 79.9. The summed E-state index contributed by atoms with van der Waals surface area (Å²) in [5.41, 5.74) is 0.182. The molecular weight excluding hydrogens is 631 g/mol. The molecule has 3 heterocycles. The van der Waals surface area contributed by atoms with Crippen molar-refractivity contribution in [2.24, 2.45) is 0 Å². The average Bonchev–Trinajstić information content (AvgIpc) is 3.34. The fourth-order valence-corrected chi connectivity index (χ4v) is 7.45. The number of alkyl halides is 3. The number of ether oxygens (including phenoxy) is 1. The highest BCUT2D eigenvalue weighted by molar-refractivity contribution is 9.11. The molecule has 2 aromatic heterocycles. The number of carboxylic acids is 1.